The number of thioether (sulfide) groups is 1. The average molecular weight is 518 g/mol. The van der Waals surface area contributed by atoms with Crippen LogP contribution in [0.25, 0.3) is 0 Å². The van der Waals surface area contributed by atoms with Gasteiger partial charge in [0.2, 0.25) is 5.91 Å². The van der Waals surface area contributed by atoms with Crippen molar-refractivity contribution in [2.24, 2.45) is 10.9 Å². The zero-order valence-corrected chi connectivity index (χ0v) is 18.8. The summed E-state index contributed by atoms with van der Waals surface area (Å²) in [6.45, 7) is 0. The lowest BCUT2D eigenvalue weighted by Crippen LogP contribution is -2.37. The van der Waals surface area contributed by atoms with E-state index in [0.717, 1.165) is 15.7 Å². The van der Waals surface area contributed by atoms with E-state index in [4.69, 9.17) is 0 Å². The third-order valence-electron chi connectivity index (χ3n) is 5.61. The minimum Gasteiger partial charge on any atom is -0.316 e. The van der Waals surface area contributed by atoms with E-state index in [1.54, 1.807) is 0 Å². The Labute approximate surface area is 178 Å². The van der Waals surface area contributed by atoms with E-state index in [9.17, 15) is 13.2 Å². The minimum atomic E-state index is -3.03. The monoisotopic (exact) mass is 518 g/mol. The molecule has 1 amide bonds. The molecule has 4 rings (SSSR count). The molecule has 1 saturated carbocycles. The van der Waals surface area contributed by atoms with Crippen LogP contribution >= 0.6 is 34.4 Å². The van der Waals surface area contributed by atoms with E-state index < -0.39 is 9.84 Å². The molecule has 3 aliphatic rings. The Hall–Kier alpha value is -0.610. The molecule has 0 radical (unpaired) electrons. The number of benzene rings is 1. The van der Waals surface area contributed by atoms with Crippen LogP contribution in [0.2, 0.25) is 0 Å². The van der Waals surface area contributed by atoms with Crippen LogP contribution in [0.4, 0.5) is 5.69 Å². The summed E-state index contributed by atoms with van der Waals surface area (Å²) in [6.07, 6.45) is 6.43. The van der Waals surface area contributed by atoms with Crippen LogP contribution in [0.15, 0.2) is 29.3 Å². The van der Waals surface area contributed by atoms with Gasteiger partial charge in [0, 0.05) is 20.9 Å². The lowest BCUT2D eigenvalue weighted by atomic mass is 10.0. The number of carbonyl (C=O) groups excluding carboxylic acids is 1. The zero-order chi connectivity index (χ0) is 19.0. The number of nitrogens with zero attached hydrogens (tertiary/aromatic N) is 2. The van der Waals surface area contributed by atoms with Gasteiger partial charge in [-0.05, 0) is 53.1 Å². The Morgan fingerprint density at radius 3 is 2.78 bits per heavy atom. The van der Waals surface area contributed by atoms with E-state index >= 15 is 0 Å². The predicted octanol–water partition coefficient (Wildman–Crippen LogP) is 3.86. The largest absolute Gasteiger partial charge is 0.316 e. The fraction of sp³-hybridized carbons (Fsp3) is 0.579. The average Bonchev–Trinajstić information content (AvgIpc) is 3.27. The number of halogens is 1. The predicted molar refractivity (Wildman–Crippen MR) is 119 cm³/mol. The first-order valence-corrected chi connectivity index (χ1v) is 13.2. The summed E-state index contributed by atoms with van der Waals surface area (Å²) in [5, 5.41) is 0.618. The summed E-state index contributed by atoms with van der Waals surface area (Å²) < 4.78 is 25.3. The summed E-state index contributed by atoms with van der Waals surface area (Å²) >= 11 is 3.70. The lowest BCUT2D eigenvalue weighted by molar-refractivity contribution is -0.118. The van der Waals surface area contributed by atoms with Gasteiger partial charge in [0.25, 0.3) is 0 Å². The van der Waals surface area contributed by atoms with Crippen molar-refractivity contribution in [3.63, 3.8) is 0 Å². The Morgan fingerprint density at radius 2 is 2.04 bits per heavy atom. The van der Waals surface area contributed by atoms with Crippen LogP contribution in [0.3, 0.4) is 0 Å². The summed E-state index contributed by atoms with van der Waals surface area (Å²) in [5.41, 5.74) is 0.918. The van der Waals surface area contributed by atoms with Crippen LogP contribution in [-0.4, -0.2) is 42.3 Å². The molecule has 0 unspecified atom stereocenters. The Kier molecular flexibility index (Phi) is 5.85. The van der Waals surface area contributed by atoms with E-state index in [1.807, 2.05) is 29.2 Å². The molecule has 8 heteroatoms. The highest BCUT2D eigenvalue weighted by atomic mass is 127. The second kappa shape index (κ2) is 8.02. The maximum atomic E-state index is 12.5. The molecule has 0 spiro atoms. The van der Waals surface area contributed by atoms with E-state index in [1.165, 1.54) is 37.4 Å². The zero-order valence-electron chi connectivity index (χ0n) is 15.0. The van der Waals surface area contributed by atoms with Crippen molar-refractivity contribution in [3.05, 3.63) is 27.8 Å². The van der Waals surface area contributed by atoms with Gasteiger partial charge in [-0.25, -0.2) is 8.42 Å². The third kappa shape index (κ3) is 4.53. The Bertz CT molecular complexity index is 865. The van der Waals surface area contributed by atoms with Gasteiger partial charge in [-0.2, -0.15) is 4.99 Å². The summed E-state index contributed by atoms with van der Waals surface area (Å²) in [6, 6.07) is 7.80. The van der Waals surface area contributed by atoms with Crippen molar-refractivity contribution in [1.82, 2.24) is 0 Å². The number of fused-ring (bicyclic) bond motifs is 1. The number of rotatable bonds is 4. The minimum absolute atomic E-state index is 0.0470. The number of carbonyl (C=O) groups is 1. The number of amides is 1. The van der Waals surface area contributed by atoms with Crippen molar-refractivity contribution < 1.29 is 13.2 Å². The van der Waals surface area contributed by atoms with Crippen LogP contribution in [0, 0.1) is 9.49 Å². The summed E-state index contributed by atoms with van der Waals surface area (Å²) in [4.78, 5) is 18.9. The van der Waals surface area contributed by atoms with Gasteiger partial charge in [-0.3, -0.25) is 4.79 Å². The van der Waals surface area contributed by atoms with Gasteiger partial charge in [0.05, 0.1) is 17.5 Å². The van der Waals surface area contributed by atoms with Gasteiger partial charge >= 0.3 is 0 Å². The van der Waals surface area contributed by atoms with Gasteiger partial charge in [-0.15, -0.1) is 0 Å². The highest BCUT2D eigenvalue weighted by molar-refractivity contribution is 14.1. The standard InChI is InChI=1S/C19H23IN2O3S2/c20-14-6-3-7-15(10-14)22-16-11-27(24,25)12-17(16)26-19(22)21-18(23)9-8-13-4-1-2-5-13/h3,6-7,10,13,16-17H,1-2,4-5,8-9,11-12H2/t16-,17+/m0/s1. The number of amidine groups is 1. The second-order valence-corrected chi connectivity index (χ2v) is 12.2. The van der Waals surface area contributed by atoms with Crippen LogP contribution in [-0.2, 0) is 14.6 Å². The fourth-order valence-electron chi connectivity index (χ4n) is 4.28. The molecule has 5 nitrogen and oxygen atoms in total. The highest BCUT2D eigenvalue weighted by Gasteiger charge is 2.49. The van der Waals surface area contributed by atoms with Crippen molar-refractivity contribution in [3.8, 4) is 0 Å². The molecule has 2 aliphatic heterocycles. The van der Waals surface area contributed by atoms with Gasteiger partial charge < -0.3 is 4.90 Å². The second-order valence-electron chi connectivity index (χ2n) is 7.63. The number of hydrogen-bond donors (Lipinski definition) is 0. The first kappa shape index (κ1) is 19.7. The molecule has 146 valence electrons. The SMILES string of the molecule is O=C(CCC1CCCC1)N=C1S[C@@H]2CS(=O)(=O)C[C@@H]2N1c1cccc(I)c1. The van der Waals surface area contributed by atoms with E-state index in [0.29, 0.717) is 17.5 Å². The maximum absolute atomic E-state index is 12.5. The lowest BCUT2D eigenvalue weighted by Gasteiger charge is -2.24. The van der Waals surface area contributed by atoms with E-state index in [-0.39, 0.29) is 28.7 Å². The number of anilines is 1. The number of sulfone groups is 1. The molecule has 3 fully saturated rings. The molecule has 2 atom stereocenters. The molecule has 0 N–H and O–H groups in total. The molecule has 1 aliphatic carbocycles. The fourth-order valence-corrected chi connectivity index (χ4v) is 8.74. The molecular weight excluding hydrogens is 495 g/mol. The van der Waals surface area contributed by atoms with Crippen LogP contribution in [0.5, 0.6) is 0 Å². The van der Waals surface area contributed by atoms with Crippen LogP contribution in [0.1, 0.15) is 38.5 Å². The molecule has 2 heterocycles. The Balaban J connectivity index is 1.55. The number of hydrogen-bond acceptors (Lipinski definition) is 4. The molecule has 0 bridgehead atoms. The molecular formula is C19H23IN2O3S2. The summed E-state index contributed by atoms with van der Waals surface area (Å²) in [7, 11) is -3.03. The molecule has 2 saturated heterocycles. The summed E-state index contributed by atoms with van der Waals surface area (Å²) in [5.74, 6) is 0.883. The smallest absolute Gasteiger partial charge is 0.248 e. The molecule has 1 aromatic carbocycles. The van der Waals surface area contributed by atoms with Crippen LogP contribution < -0.4 is 4.90 Å². The highest BCUT2D eigenvalue weighted by Crippen LogP contribution is 2.41. The van der Waals surface area contributed by atoms with Crippen molar-refractivity contribution in [1.29, 1.82) is 0 Å². The van der Waals surface area contributed by atoms with Gasteiger partial charge in [-0.1, -0.05) is 43.5 Å². The van der Waals surface area contributed by atoms with Crippen molar-refractivity contribution >= 4 is 61.0 Å². The Morgan fingerprint density at radius 1 is 1.26 bits per heavy atom. The quantitative estimate of drug-likeness (QED) is 0.567. The van der Waals surface area contributed by atoms with Crippen molar-refractivity contribution in [2.75, 3.05) is 16.4 Å². The first-order chi connectivity index (χ1) is 12.9. The van der Waals surface area contributed by atoms with Gasteiger partial charge in [0.1, 0.15) is 0 Å². The normalized spacial score (nSPS) is 28.8. The molecule has 0 aromatic heterocycles. The molecule has 1 aromatic rings. The topological polar surface area (TPSA) is 66.8 Å². The first-order valence-electron chi connectivity index (χ1n) is 9.45. The van der Waals surface area contributed by atoms with E-state index in [2.05, 4.69) is 27.6 Å². The van der Waals surface area contributed by atoms with Crippen molar-refractivity contribution in [2.45, 2.75) is 49.8 Å². The molecule has 27 heavy (non-hydrogen) atoms. The van der Waals surface area contributed by atoms with Gasteiger partial charge in [0.15, 0.2) is 15.0 Å². The maximum Gasteiger partial charge on any atom is 0.248 e. The number of aliphatic imine (C=N–C) groups is 1. The third-order valence-corrected chi connectivity index (χ3v) is 9.50.